The second-order valence-corrected chi connectivity index (χ2v) is 8.37. The quantitative estimate of drug-likeness (QED) is 0.313. The normalized spacial score (nSPS) is 10.9. The van der Waals surface area contributed by atoms with E-state index in [2.05, 4.69) is 16.8 Å². The van der Waals surface area contributed by atoms with Crippen molar-refractivity contribution >= 4 is 16.9 Å². The van der Waals surface area contributed by atoms with Gasteiger partial charge in [-0.3, -0.25) is 4.79 Å². The van der Waals surface area contributed by atoms with Gasteiger partial charge < -0.3 is 24.1 Å². The number of hydrogen-bond donors (Lipinski definition) is 1. The Balaban J connectivity index is 1.71. The minimum absolute atomic E-state index is 0.223. The summed E-state index contributed by atoms with van der Waals surface area (Å²) >= 11 is 0. The lowest BCUT2D eigenvalue weighted by molar-refractivity contribution is 0.0951. The second-order valence-electron chi connectivity index (χ2n) is 8.37. The zero-order valence-electron chi connectivity index (χ0n) is 20.9. The van der Waals surface area contributed by atoms with Crippen LogP contribution in [0, 0.1) is 5.82 Å². The molecule has 0 saturated carbocycles. The molecule has 4 aromatic rings. The fourth-order valence-corrected chi connectivity index (χ4v) is 4.13. The van der Waals surface area contributed by atoms with Gasteiger partial charge in [-0.25, -0.2) is 9.37 Å². The van der Waals surface area contributed by atoms with Crippen molar-refractivity contribution in [2.24, 2.45) is 0 Å². The van der Waals surface area contributed by atoms with Gasteiger partial charge in [-0.05, 0) is 54.4 Å². The summed E-state index contributed by atoms with van der Waals surface area (Å²) in [6, 6.07) is 15.3. The van der Waals surface area contributed by atoms with Gasteiger partial charge in [-0.2, -0.15) is 0 Å². The average molecular weight is 492 g/mol. The van der Waals surface area contributed by atoms with Crippen LogP contribution in [0.4, 0.5) is 4.39 Å². The monoisotopic (exact) mass is 491 g/mol. The molecule has 36 heavy (non-hydrogen) atoms. The van der Waals surface area contributed by atoms with E-state index in [0.717, 1.165) is 41.9 Å². The molecule has 0 saturated heterocycles. The van der Waals surface area contributed by atoms with E-state index in [1.807, 2.05) is 18.2 Å². The predicted molar refractivity (Wildman–Crippen MR) is 137 cm³/mol. The molecule has 0 aliphatic heterocycles. The molecule has 0 spiro atoms. The fourth-order valence-electron chi connectivity index (χ4n) is 4.13. The highest BCUT2D eigenvalue weighted by Crippen LogP contribution is 2.41. The van der Waals surface area contributed by atoms with E-state index in [1.54, 1.807) is 45.6 Å². The number of halogens is 1. The number of unbranched alkanes of at least 4 members (excludes halogenated alkanes) is 1. The minimum atomic E-state index is -0.308. The molecule has 0 aliphatic rings. The van der Waals surface area contributed by atoms with Gasteiger partial charge in [0.15, 0.2) is 11.5 Å². The van der Waals surface area contributed by atoms with Gasteiger partial charge in [0.05, 0.1) is 32.4 Å². The van der Waals surface area contributed by atoms with E-state index in [1.165, 1.54) is 12.1 Å². The van der Waals surface area contributed by atoms with Crippen molar-refractivity contribution in [1.82, 2.24) is 14.9 Å². The minimum Gasteiger partial charge on any atom is -0.493 e. The summed E-state index contributed by atoms with van der Waals surface area (Å²) in [5.41, 5.74) is 3.78. The molecular formula is C28H30FN3O4. The van der Waals surface area contributed by atoms with Gasteiger partial charge >= 0.3 is 0 Å². The van der Waals surface area contributed by atoms with Crippen LogP contribution in [-0.2, 0) is 13.1 Å². The number of ether oxygens (including phenoxy) is 3. The highest BCUT2D eigenvalue weighted by molar-refractivity contribution is 5.98. The van der Waals surface area contributed by atoms with Gasteiger partial charge in [0.2, 0.25) is 5.75 Å². The van der Waals surface area contributed by atoms with E-state index in [4.69, 9.17) is 19.2 Å². The number of carbonyl (C=O) groups excluding carboxylic acids is 1. The lowest BCUT2D eigenvalue weighted by atomic mass is 10.1. The summed E-state index contributed by atoms with van der Waals surface area (Å²) in [4.78, 5) is 17.7. The zero-order valence-corrected chi connectivity index (χ0v) is 20.9. The van der Waals surface area contributed by atoms with Crippen molar-refractivity contribution < 1.29 is 23.4 Å². The Morgan fingerprint density at radius 2 is 1.67 bits per heavy atom. The van der Waals surface area contributed by atoms with Crippen LogP contribution in [0.3, 0.4) is 0 Å². The lowest BCUT2D eigenvalue weighted by Crippen LogP contribution is -2.22. The molecule has 0 unspecified atom stereocenters. The van der Waals surface area contributed by atoms with Crippen molar-refractivity contribution in [3.05, 3.63) is 71.5 Å². The first-order valence-corrected chi connectivity index (χ1v) is 11.8. The second kappa shape index (κ2) is 11.1. The topological polar surface area (TPSA) is 74.6 Å². The highest BCUT2D eigenvalue weighted by Gasteiger charge is 2.19. The third-order valence-electron chi connectivity index (χ3n) is 6.03. The van der Waals surface area contributed by atoms with Crippen LogP contribution in [-0.4, -0.2) is 36.8 Å². The number of imidazole rings is 1. The predicted octanol–water partition coefficient (Wildman–Crippen LogP) is 5.60. The van der Waals surface area contributed by atoms with Crippen molar-refractivity contribution in [3.63, 3.8) is 0 Å². The van der Waals surface area contributed by atoms with Gasteiger partial charge in [0.25, 0.3) is 5.91 Å². The zero-order chi connectivity index (χ0) is 25.7. The number of carbonyl (C=O) groups is 1. The number of amides is 1. The molecule has 0 fully saturated rings. The Morgan fingerprint density at radius 3 is 2.28 bits per heavy atom. The van der Waals surface area contributed by atoms with E-state index in [0.29, 0.717) is 34.9 Å². The number of aryl methyl sites for hydroxylation is 1. The van der Waals surface area contributed by atoms with E-state index in [-0.39, 0.29) is 11.7 Å². The summed E-state index contributed by atoms with van der Waals surface area (Å²) in [5, 5.41) is 2.89. The van der Waals surface area contributed by atoms with Gasteiger partial charge in [0, 0.05) is 24.2 Å². The number of rotatable bonds is 10. The molecule has 7 nitrogen and oxygen atoms in total. The van der Waals surface area contributed by atoms with Crippen molar-refractivity contribution in [2.45, 2.75) is 32.9 Å². The van der Waals surface area contributed by atoms with Gasteiger partial charge in [-0.1, -0.05) is 25.5 Å². The first kappa shape index (κ1) is 25.0. The van der Waals surface area contributed by atoms with Crippen LogP contribution in [0.25, 0.3) is 22.4 Å². The third-order valence-corrected chi connectivity index (χ3v) is 6.03. The van der Waals surface area contributed by atoms with E-state index >= 15 is 0 Å². The van der Waals surface area contributed by atoms with E-state index < -0.39 is 0 Å². The van der Waals surface area contributed by atoms with Crippen LogP contribution in [0.5, 0.6) is 17.2 Å². The number of fused-ring (bicyclic) bond motifs is 1. The maximum Gasteiger partial charge on any atom is 0.251 e. The highest BCUT2D eigenvalue weighted by atomic mass is 19.1. The first-order chi connectivity index (χ1) is 17.5. The average Bonchev–Trinajstić information content (AvgIpc) is 3.28. The number of hydrogen-bond acceptors (Lipinski definition) is 5. The van der Waals surface area contributed by atoms with Crippen LogP contribution < -0.4 is 19.5 Å². The standard InChI is InChI=1S/C28H30FN3O4/c1-5-6-13-32-23-12-9-19(28(33)30-17-18-7-10-21(29)11-8-18)14-22(23)31-27(32)20-15-24(34-2)26(36-4)25(16-20)35-3/h7-12,14-16H,5-6,13,17H2,1-4H3,(H,30,33). The Labute approximate surface area is 209 Å². The molecule has 8 heteroatoms. The maximum atomic E-state index is 13.1. The number of nitrogens with zero attached hydrogens (tertiary/aromatic N) is 2. The summed E-state index contributed by atoms with van der Waals surface area (Å²) in [7, 11) is 4.73. The molecule has 1 amide bonds. The summed E-state index contributed by atoms with van der Waals surface area (Å²) in [5.74, 6) is 1.82. The van der Waals surface area contributed by atoms with Gasteiger partial charge in [0.1, 0.15) is 11.6 Å². The van der Waals surface area contributed by atoms with Crippen LogP contribution in [0.1, 0.15) is 35.7 Å². The molecule has 0 bridgehead atoms. The molecule has 4 rings (SSSR count). The van der Waals surface area contributed by atoms with Crippen LogP contribution in [0.2, 0.25) is 0 Å². The fraction of sp³-hybridized carbons (Fsp3) is 0.286. The molecule has 0 aliphatic carbocycles. The number of benzene rings is 3. The van der Waals surface area contributed by atoms with Crippen LogP contribution in [0.15, 0.2) is 54.6 Å². The van der Waals surface area contributed by atoms with Crippen molar-refractivity contribution in [2.75, 3.05) is 21.3 Å². The molecule has 0 radical (unpaired) electrons. The Morgan fingerprint density at radius 1 is 0.972 bits per heavy atom. The smallest absolute Gasteiger partial charge is 0.251 e. The molecule has 1 aromatic heterocycles. The number of methoxy groups -OCH3 is 3. The number of nitrogens with one attached hydrogen (secondary N) is 1. The SMILES string of the molecule is CCCCn1c(-c2cc(OC)c(OC)c(OC)c2)nc2cc(C(=O)NCc3ccc(F)cc3)ccc21. The van der Waals surface area contributed by atoms with Crippen molar-refractivity contribution in [1.29, 1.82) is 0 Å². The molecule has 1 N–H and O–H groups in total. The molecule has 0 atom stereocenters. The molecule has 188 valence electrons. The summed E-state index contributed by atoms with van der Waals surface area (Å²) in [6.45, 7) is 3.22. The summed E-state index contributed by atoms with van der Waals surface area (Å²) in [6.07, 6.45) is 2.00. The Kier molecular flexibility index (Phi) is 7.73. The van der Waals surface area contributed by atoms with E-state index in [9.17, 15) is 9.18 Å². The first-order valence-electron chi connectivity index (χ1n) is 11.8. The maximum absolute atomic E-state index is 13.1. The Bertz CT molecular complexity index is 1340. The largest absolute Gasteiger partial charge is 0.493 e. The number of aromatic nitrogens is 2. The summed E-state index contributed by atoms with van der Waals surface area (Å²) < 4.78 is 31.8. The molecule has 3 aromatic carbocycles. The van der Waals surface area contributed by atoms with Crippen molar-refractivity contribution in [3.8, 4) is 28.6 Å². The molecule has 1 heterocycles. The van der Waals surface area contributed by atoms with Crippen LogP contribution >= 0.6 is 0 Å². The Hall–Kier alpha value is -4.07. The third kappa shape index (κ3) is 5.12. The lowest BCUT2D eigenvalue weighted by Gasteiger charge is -2.15. The molecular weight excluding hydrogens is 461 g/mol. The van der Waals surface area contributed by atoms with Gasteiger partial charge in [-0.15, -0.1) is 0 Å².